The molecule has 0 fully saturated rings. The fourth-order valence-corrected chi connectivity index (χ4v) is 3.37. The molecule has 1 aromatic heterocycles. The molecule has 0 spiro atoms. The van der Waals surface area contributed by atoms with Gasteiger partial charge in [0, 0.05) is 11.3 Å². The van der Waals surface area contributed by atoms with E-state index < -0.39 is 5.91 Å². The number of carbonyl (C=O) groups excluding carboxylic acids is 1. The minimum Gasteiger partial charge on any atom is -0.321 e. The van der Waals surface area contributed by atoms with Gasteiger partial charge in [0.2, 0.25) is 0 Å². The standard InChI is InChI=1S/C23H20ClFN4O/c1-14-5-4-6-15(2)21(14)27-23(30)18(12-26)11-20-16(3)28-29(22(20)24)13-17-7-9-19(25)10-8-17/h4-11H,13H2,1-3H3,(H,27,30)/b18-11+. The molecule has 0 unspecified atom stereocenters. The third kappa shape index (κ3) is 4.58. The van der Waals surface area contributed by atoms with Crippen LogP contribution in [0.3, 0.4) is 0 Å². The third-order valence-electron chi connectivity index (χ3n) is 4.73. The Morgan fingerprint density at radius 3 is 2.43 bits per heavy atom. The number of aryl methyl sites for hydroxylation is 3. The second-order valence-corrected chi connectivity index (χ2v) is 7.32. The summed E-state index contributed by atoms with van der Waals surface area (Å²) in [6.45, 7) is 5.86. The van der Waals surface area contributed by atoms with Gasteiger partial charge in [0.1, 0.15) is 22.6 Å². The lowest BCUT2D eigenvalue weighted by molar-refractivity contribution is -0.112. The summed E-state index contributed by atoms with van der Waals surface area (Å²) in [4.78, 5) is 12.7. The molecule has 1 heterocycles. The van der Waals surface area contributed by atoms with Crippen molar-refractivity contribution in [3.63, 3.8) is 0 Å². The molecule has 0 aliphatic rings. The lowest BCUT2D eigenvalue weighted by Crippen LogP contribution is -2.15. The molecule has 0 aliphatic heterocycles. The van der Waals surface area contributed by atoms with Crippen molar-refractivity contribution in [2.24, 2.45) is 0 Å². The van der Waals surface area contributed by atoms with Gasteiger partial charge in [-0.3, -0.25) is 4.79 Å². The molecule has 2 aromatic carbocycles. The second-order valence-electron chi connectivity index (χ2n) is 6.96. The third-order valence-corrected chi connectivity index (χ3v) is 5.13. The molecule has 5 nitrogen and oxygen atoms in total. The Hall–Kier alpha value is -3.43. The number of hydrogen-bond donors (Lipinski definition) is 1. The highest BCUT2D eigenvalue weighted by molar-refractivity contribution is 6.31. The van der Waals surface area contributed by atoms with Crippen LogP contribution in [0.15, 0.2) is 48.0 Å². The van der Waals surface area contributed by atoms with Gasteiger partial charge in [0.05, 0.1) is 12.2 Å². The number of nitriles is 1. The average molecular weight is 423 g/mol. The van der Waals surface area contributed by atoms with E-state index in [1.807, 2.05) is 38.1 Å². The number of nitrogens with one attached hydrogen (secondary N) is 1. The first-order chi connectivity index (χ1) is 14.3. The molecular weight excluding hydrogens is 403 g/mol. The zero-order valence-corrected chi connectivity index (χ0v) is 17.6. The van der Waals surface area contributed by atoms with E-state index >= 15 is 0 Å². The summed E-state index contributed by atoms with van der Waals surface area (Å²) in [6, 6.07) is 13.7. The van der Waals surface area contributed by atoms with Crippen molar-refractivity contribution >= 4 is 29.3 Å². The van der Waals surface area contributed by atoms with Crippen LogP contribution >= 0.6 is 11.6 Å². The van der Waals surface area contributed by atoms with Gasteiger partial charge in [-0.25, -0.2) is 9.07 Å². The summed E-state index contributed by atoms with van der Waals surface area (Å²) >= 11 is 6.47. The van der Waals surface area contributed by atoms with Gasteiger partial charge in [-0.2, -0.15) is 10.4 Å². The lowest BCUT2D eigenvalue weighted by atomic mass is 10.1. The van der Waals surface area contributed by atoms with Crippen molar-refractivity contribution in [3.05, 3.63) is 87.0 Å². The van der Waals surface area contributed by atoms with E-state index in [1.54, 1.807) is 23.7 Å². The van der Waals surface area contributed by atoms with Gasteiger partial charge in [-0.05, 0) is 55.7 Å². The predicted molar refractivity (Wildman–Crippen MR) is 116 cm³/mol. The Balaban J connectivity index is 1.88. The van der Waals surface area contributed by atoms with Crippen molar-refractivity contribution in [2.75, 3.05) is 5.32 Å². The minimum atomic E-state index is -0.517. The Kier molecular flexibility index (Phi) is 6.34. The van der Waals surface area contributed by atoms with Crippen LogP contribution < -0.4 is 5.32 Å². The zero-order chi connectivity index (χ0) is 21.8. The highest BCUT2D eigenvalue weighted by atomic mass is 35.5. The van der Waals surface area contributed by atoms with Gasteiger partial charge in [0.25, 0.3) is 5.91 Å². The first-order valence-corrected chi connectivity index (χ1v) is 9.64. The molecule has 0 aliphatic carbocycles. The lowest BCUT2D eigenvalue weighted by Gasteiger charge is -2.10. The Morgan fingerprint density at radius 2 is 1.83 bits per heavy atom. The van der Waals surface area contributed by atoms with Crippen LogP contribution in [0.5, 0.6) is 0 Å². The van der Waals surface area contributed by atoms with E-state index in [2.05, 4.69) is 10.4 Å². The van der Waals surface area contributed by atoms with E-state index in [4.69, 9.17) is 11.6 Å². The topological polar surface area (TPSA) is 70.7 Å². The van der Waals surface area contributed by atoms with Crippen LogP contribution in [0.1, 0.15) is 27.9 Å². The summed E-state index contributed by atoms with van der Waals surface area (Å²) in [5, 5.41) is 17.0. The number of rotatable bonds is 5. The zero-order valence-electron chi connectivity index (χ0n) is 16.8. The summed E-state index contributed by atoms with van der Waals surface area (Å²) < 4.78 is 14.7. The molecule has 0 bridgehead atoms. The summed E-state index contributed by atoms with van der Waals surface area (Å²) in [5.74, 6) is -0.838. The number of anilines is 1. The Morgan fingerprint density at radius 1 is 1.20 bits per heavy atom. The molecule has 152 valence electrons. The Bertz CT molecular complexity index is 1150. The quantitative estimate of drug-likeness (QED) is 0.454. The number of halogens is 2. The molecule has 1 amide bonds. The fraction of sp³-hybridized carbons (Fsp3) is 0.174. The van der Waals surface area contributed by atoms with Crippen LogP contribution in [-0.2, 0) is 11.3 Å². The molecule has 3 aromatic rings. The number of hydrogen-bond acceptors (Lipinski definition) is 3. The van der Waals surface area contributed by atoms with Crippen molar-refractivity contribution in [1.82, 2.24) is 9.78 Å². The molecular formula is C23H20ClFN4O. The van der Waals surface area contributed by atoms with E-state index in [0.29, 0.717) is 28.6 Å². The van der Waals surface area contributed by atoms with Crippen molar-refractivity contribution in [2.45, 2.75) is 27.3 Å². The maximum Gasteiger partial charge on any atom is 0.266 e. The highest BCUT2D eigenvalue weighted by Crippen LogP contribution is 2.25. The molecule has 1 N–H and O–H groups in total. The number of amides is 1. The summed E-state index contributed by atoms with van der Waals surface area (Å²) in [6.07, 6.45) is 1.44. The number of para-hydroxylation sites is 1. The van der Waals surface area contributed by atoms with E-state index in [0.717, 1.165) is 16.7 Å². The highest BCUT2D eigenvalue weighted by Gasteiger charge is 2.17. The second kappa shape index (κ2) is 8.93. The molecule has 0 saturated heterocycles. The fourth-order valence-electron chi connectivity index (χ4n) is 3.08. The minimum absolute atomic E-state index is 0.0796. The van der Waals surface area contributed by atoms with Crippen LogP contribution in [0.2, 0.25) is 5.15 Å². The van der Waals surface area contributed by atoms with Crippen LogP contribution in [-0.4, -0.2) is 15.7 Å². The molecule has 7 heteroatoms. The number of aromatic nitrogens is 2. The van der Waals surface area contributed by atoms with Gasteiger partial charge in [0.15, 0.2) is 0 Å². The summed E-state index contributed by atoms with van der Waals surface area (Å²) in [5.41, 5.74) is 4.30. The average Bonchev–Trinajstić information content (AvgIpc) is 2.97. The maximum atomic E-state index is 13.1. The van der Waals surface area contributed by atoms with Crippen LogP contribution in [0.4, 0.5) is 10.1 Å². The SMILES string of the molecule is Cc1cccc(C)c1NC(=O)/C(C#N)=C/c1c(C)nn(Cc2ccc(F)cc2)c1Cl. The van der Waals surface area contributed by atoms with E-state index in [9.17, 15) is 14.4 Å². The largest absolute Gasteiger partial charge is 0.321 e. The van der Waals surface area contributed by atoms with E-state index in [1.165, 1.54) is 18.2 Å². The Labute approximate surface area is 179 Å². The number of nitrogens with zero attached hydrogens (tertiary/aromatic N) is 3. The normalized spacial score (nSPS) is 11.3. The molecule has 30 heavy (non-hydrogen) atoms. The molecule has 3 rings (SSSR count). The maximum absolute atomic E-state index is 13.1. The molecule has 0 radical (unpaired) electrons. The van der Waals surface area contributed by atoms with Gasteiger partial charge >= 0.3 is 0 Å². The first-order valence-electron chi connectivity index (χ1n) is 9.27. The van der Waals surface area contributed by atoms with Gasteiger partial charge in [-0.1, -0.05) is 41.9 Å². The van der Waals surface area contributed by atoms with Crippen LogP contribution in [0.25, 0.3) is 6.08 Å². The first kappa shape index (κ1) is 21.3. The van der Waals surface area contributed by atoms with Crippen molar-refractivity contribution < 1.29 is 9.18 Å². The monoisotopic (exact) mass is 422 g/mol. The smallest absolute Gasteiger partial charge is 0.266 e. The molecule has 0 atom stereocenters. The van der Waals surface area contributed by atoms with E-state index in [-0.39, 0.29) is 11.4 Å². The van der Waals surface area contributed by atoms with Gasteiger partial charge < -0.3 is 5.32 Å². The number of carbonyl (C=O) groups is 1. The van der Waals surface area contributed by atoms with Crippen LogP contribution in [0, 0.1) is 37.9 Å². The summed E-state index contributed by atoms with van der Waals surface area (Å²) in [7, 11) is 0. The predicted octanol–water partition coefficient (Wildman–Crippen LogP) is 5.19. The van der Waals surface area contributed by atoms with Crippen molar-refractivity contribution in [3.8, 4) is 6.07 Å². The van der Waals surface area contributed by atoms with Gasteiger partial charge in [-0.15, -0.1) is 0 Å². The number of benzene rings is 2. The van der Waals surface area contributed by atoms with Crippen molar-refractivity contribution in [1.29, 1.82) is 5.26 Å². The molecule has 0 saturated carbocycles.